The van der Waals surface area contributed by atoms with E-state index in [1.54, 1.807) is 7.05 Å². The summed E-state index contributed by atoms with van der Waals surface area (Å²) < 4.78 is 7.65. The Morgan fingerprint density at radius 3 is 3.00 bits per heavy atom. The van der Waals surface area contributed by atoms with Crippen molar-refractivity contribution in [2.45, 2.75) is 12.8 Å². The molecule has 0 aromatic carbocycles. The molecule has 0 unspecified atom stereocenters. The van der Waals surface area contributed by atoms with E-state index >= 15 is 0 Å². The van der Waals surface area contributed by atoms with Crippen LogP contribution in [0.2, 0.25) is 5.28 Å². The van der Waals surface area contributed by atoms with Crippen molar-refractivity contribution in [2.24, 2.45) is 13.0 Å². The van der Waals surface area contributed by atoms with Crippen LogP contribution in [0.4, 0.5) is 0 Å². The molecular weight excluding hydrogens is 334 g/mol. The number of aryl methyl sites for hydroxylation is 1. The Morgan fingerprint density at radius 2 is 2.32 bits per heavy atom. The van der Waals surface area contributed by atoms with Gasteiger partial charge in [0.15, 0.2) is 0 Å². The summed E-state index contributed by atoms with van der Waals surface area (Å²) in [5.74, 6) is 0.859. The molecule has 1 saturated carbocycles. The number of hydrogen-bond acceptors (Lipinski definition) is 4. The van der Waals surface area contributed by atoms with Crippen LogP contribution in [0.1, 0.15) is 12.8 Å². The zero-order chi connectivity index (χ0) is 13.6. The SMILES string of the molecule is Cn1c(=O)c(OCC2CC2)c(Br)c2nc(Cl)ncc21. The average Bonchev–Trinajstić information content (AvgIpc) is 3.20. The van der Waals surface area contributed by atoms with Crippen molar-refractivity contribution in [1.82, 2.24) is 14.5 Å². The molecule has 1 aliphatic rings. The topological polar surface area (TPSA) is 57.0 Å². The lowest BCUT2D eigenvalue weighted by Gasteiger charge is -2.11. The first-order valence-electron chi connectivity index (χ1n) is 5.91. The van der Waals surface area contributed by atoms with Crippen LogP contribution in [0.3, 0.4) is 0 Å². The number of nitrogens with zero attached hydrogens (tertiary/aromatic N) is 3. The number of rotatable bonds is 3. The molecule has 3 rings (SSSR count). The van der Waals surface area contributed by atoms with Crippen molar-refractivity contribution in [3.8, 4) is 5.75 Å². The quantitative estimate of drug-likeness (QED) is 0.803. The molecule has 2 aromatic rings. The van der Waals surface area contributed by atoms with Gasteiger partial charge in [-0.15, -0.1) is 0 Å². The van der Waals surface area contributed by atoms with Gasteiger partial charge < -0.3 is 9.30 Å². The summed E-state index contributed by atoms with van der Waals surface area (Å²) in [6.45, 7) is 0.568. The van der Waals surface area contributed by atoms with E-state index in [0.29, 0.717) is 28.0 Å². The van der Waals surface area contributed by atoms with E-state index in [4.69, 9.17) is 16.3 Å². The van der Waals surface area contributed by atoms with Gasteiger partial charge in [0.2, 0.25) is 11.0 Å². The number of pyridine rings is 1. The lowest BCUT2D eigenvalue weighted by atomic mass is 10.3. The standard InChI is InChI=1S/C12H11BrClN3O2/c1-17-7-4-15-12(14)16-9(7)8(13)10(11(17)18)19-5-6-2-3-6/h4,6H,2-3,5H2,1H3. The molecule has 1 aliphatic carbocycles. The molecule has 0 spiro atoms. The van der Waals surface area contributed by atoms with Gasteiger partial charge in [-0.25, -0.2) is 9.97 Å². The van der Waals surface area contributed by atoms with Crippen molar-refractivity contribution in [2.75, 3.05) is 6.61 Å². The summed E-state index contributed by atoms with van der Waals surface area (Å²) in [6, 6.07) is 0. The molecular formula is C12H11BrClN3O2. The predicted molar refractivity (Wildman–Crippen MR) is 75.7 cm³/mol. The van der Waals surface area contributed by atoms with Crippen molar-refractivity contribution >= 4 is 38.6 Å². The Labute approximate surface area is 122 Å². The highest BCUT2D eigenvalue weighted by atomic mass is 79.9. The van der Waals surface area contributed by atoms with Crippen molar-refractivity contribution in [3.63, 3.8) is 0 Å². The van der Waals surface area contributed by atoms with Crippen molar-refractivity contribution in [1.29, 1.82) is 0 Å². The van der Waals surface area contributed by atoms with Gasteiger partial charge in [-0.1, -0.05) is 0 Å². The Bertz CT molecular complexity index is 712. The maximum Gasteiger partial charge on any atom is 0.294 e. The third-order valence-electron chi connectivity index (χ3n) is 3.17. The molecule has 1 fully saturated rings. The monoisotopic (exact) mass is 343 g/mol. The van der Waals surface area contributed by atoms with E-state index in [2.05, 4.69) is 25.9 Å². The molecule has 19 heavy (non-hydrogen) atoms. The van der Waals surface area contributed by atoms with Gasteiger partial charge in [0.1, 0.15) is 5.52 Å². The summed E-state index contributed by atoms with van der Waals surface area (Å²) in [5.41, 5.74) is 0.985. The minimum Gasteiger partial charge on any atom is -0.487 e. The van der Waals surface area contributed by atoms with Crippen LogP contribution < -0.4 is 10.3 Å². The fraction of sp³-hybridized carbons (Fsp3) is 0.417. The summed E-state index contributed by atoms with van der Waals surface area (Å²) >= 11 is 9.19. The van der Waals surface area contributed by atoms with Crippen LogP contribution in [0.25, 0.3) is 11.0 Å². The summed E-state index contributed by atoms with van der Waals surface area (Å²) in [5, 5.41) is 0.139. The Kier molecular flexibility index (Phi) is 3.22. The van der Waals surface area contributed by atoms with Crippen molar-refractivity contribution in [3.05, 3.63) is 26.3 Å². The maximum atomic E-state index is 12.2. The lowest BCUT2D eigenvalue weighted by molar-refractivity contribution is 0.293. The molecule has 0 amide bonds. The van der Waals surface area contributed by atoms with E-state index in [0.717, 1.165) is 0 Å². The molecule has 2 heterocycles. The summed E-state index contributed by atoms with van der Waals surface area (Å²) in [4.78, 5) is 20.3. The molecule has 0 bridgehead atoms. The normalized spacial score (nSPS) is 14.9. The van der Waals surface area contributed by atoms with Gasteiger partial charge in [-0.2, -0.15) is 0 Å². The minimum atomic E-state index is -0.203. The molecule has 0 saturated heterocycles. The first-order valence-corrected chi connectivity index (χ1v) is 7.08. The predicted octanol–water partition coefficient (Wildman–Crippen LogP) is 2.53. The molecule has 100 valence electrons. The minimum absolute atomic E-state index is 0.139. The van der Waals surface area contributed by atoms with Crippen LogP contribution in [0.15, 0.2) is 15.5 Å². The largest absolute Gasteiger partial charge is 0.487 e. The van der Waals surface area contributed by atoms with Gasteiger partial charge >= 0.3 is 0 Å². The average molecular weight is 345 g/mol. The van der Waals surface area contributed by atoms with E-state index in [1.165, 1.54) is 23.6 Å². The molecule has 0 aliphatic heterocycles. The van der Waals surface area contributed by atoms with Gasteiger partial charge in [-0.3, -0.25) is 4.79 Å². The first kappa shape index (κ1) is 12.9. The maximum absolute atomic E-state index is 12.2. The third-order valence-corrected chi connectivity index (χ3v) is 4.09. The highest BCUT2D eigenvalue weighted by molar-refractivity contribution is 9.10. The Hall–Kier alpha value is -1.14. The second-order valence-electron chi connectivity index (χ2n) is 4.63. The van der Waals surface area contributed by atoms with Gasteiger partial charge in [0.25, 0.3) is 5.56 Å². The second kappa shape index (κ2) is 4.76. The lowest BCUT2D eigenvalue weighted by Crippen LogP contribution is -2.21. The second-order valence-corrected chi connectivity index (χ2v) is 5.77. The van der Waals surface area contributed by atoms with E-state index in [1.807, 2.05) is 0 Å². The third kappa shape index (κ3) is 2.34. The number of fused-ring (bicyclic) bond motifs is 1. The number of hydrogen-bond donors (Lipinski definition) is 0. The zero-order valence-electron chi connectivity index (χ0n) is 10.2. The molecule has 7 heteroatoms. The van der Waals surface area contributed by atoms with Gasteiger partial charge in [0.05, 0.1) is 22.8 Å². The Balaban J connectivity index is 2.17. The van der Waals surface area contributed by atoms with Crippen LogP contribution in [-0.2, 0) is 7.05 Å². The van der Waals surface area contributed by atoms with Crippen LogP contribution >= 0.6 is 27.5 Å². The zero-order valence-corrected chi connectivity index (χ0v) is 12.5. The fourth-order valence-electron chi connectivity index (χ4n) is 1.83. The molecule has 0 N–H and O–H groups in total. The Morgan fingerprint density at radius 1 is 1.58 bits per heavy atom. The molecule has 0 radical (unpaired) electrons. The highest BCUT2D eigenvalue weighted by Gasteiger charge is 2.24. The van der Waals surface area contributed by atoms with Gasteiger partial charge in [-0.05, 0) is 46.3 Å². The van der Waals surface area contributed by atoms with E-state index in [9.17, 15) is 4.79 Å². The number of aromatic nitrogens is 3. The molecule has 5 nitrogen and oxygen atoms in total. The van der Waals surface area contributed by atoms with E-state index in [-0.39, 0.29) is 16.6 Å². The van der Waals surface area contributed by atoms with Gasteiger partial charge in [0, 0.05) is 7.05 Å². The fourth-order valence-corrected chi connectivity index (χ4v) is 2.54. The van der Waals surface area contributed by atoms with E-state index < -0.39 is 0 Å². The number of halogens is 2. The number of ether oxygens (including phenoxy) is 1. The summed E-state index contributed by atoms with van der Waals surface area (Å²) in [6.07, 6.45) is 3.86. The van der Waals surface area contributed by atoms with Crippen LogP contribution in [-0.4, -0.2) is 21.1 Å². The van der Waals surface area contributed by atoms with Crippen LogP contribution in [0.5, 0.6) is 5.75 Å². The highest BCUT2D eigenvalue weighted by Crippen LogP contribution is 2.32. The van der Waals surface area contributed by atoms with Crippen LogP contribution in [0, 0.1) is 5.92 Å². The molecule has 0 atom stereocenters. The van der Waals surface area contributed by atoms with Crippen molar-refractivity contribution < 1.29 is 4.74 Å². The smallest absolute Gasteiger partial charge is 0.294 e. The molecule has 2 aromatic heterocycles. The first-order chi connectivity index (χ1) is 9.08. The summed E-state index contributed by atoms with van der Waals surface area (Å²) in [7, 11) is 1.67.